The summed E-state index contributed by atoms with van der Waals surface area (Å²) in [5.41, 5.74) is 5.66. The zero-order valence-electron chi connectivity index (χ0n) is 12.0. The van der Waals surface area contributed by atoms with Gasteiger partial charge in [-0.05, 0) is 25.0 Å². The van der Waals surface area contributed by atoms with E-state index in [2.05, 4.69) is 31.4 Å². The van der Waals surface area contributed by atoms with Crippen LogP contribution in [0.3, 0.4) is 0 Å². The van der Waals surface area contributed by atoms with Crippen LogP contribution in [-0.2, 0) is 0 Å². The first-order valence-electron chi connectivity index (χ1n) is 6.31. The molecule has 2 nitrogen and oxygen atoms in total. The Kier molecular flexibility index (Phi) is 13.1. The molecule has 1 heterocycles. The molecule has 0 saturated carbocycles. The molecule has 1 rings (SSSR count). The lowest BCUT2D eigenvalue weighted by Crippen LogP contribution is -2.30. The van der Waals surface area contributed by atoms with Crippen molar-refractivity contribution in [3.05, 3.63) is 35.7 Å². The van der Waals surface area contributed by atoms with Gasteiger partial charge in [-0.1, -0.05) is 46.8 Å². The van der Waals surface area contributed by atoms with Crippen molar-refractivity contribution < 1.29 is 0 Å². The van der Waals surface area contributed by atoms with Crippen molar-refractivity contribution in [3.63, 3.8) is 0 Å². The maximum Gasteiger partial charge on any atom is 0.0559 e. The van der Waals surface area contributed by atoms with Crippen LogP contribution in [0.5, 0.6) is 0 Å². The number of rotatable bonds is 2. The second-order valence-corrected chi connectivity index (χ2v) is 2.78. The molecule has 0 saturated heterocycles. The average Bonchev–Trinajstić information content (AvgIpc) is 2.37. The molecule has 0 aromatic heterocycles. The van der Waals surface area contributed by atoms with Crippen LogP contribution >= 0.6 is 0 Å². The first kappa shape index (κ1) is 17.4. The Morgan fingerprint density at radius 2 is 1.81 bits per heavy atom. The Bertz CT molecular complexity index is 237. The van der Waals surface area contributed by atoms with Gasteiger partial charge in [0.25, 0.3) is 0 Å². The minimum Gasteiger partial charge on any atom is -0.285 e. The molecule has 0 fully saturated rings. The van der Waals surface area contributed by atoms with E-state index in [4.69, 9.17) is 0 Å². The van der Waals surface area contributed by atoms with E-state index in [0.717, 1.165) is 6.42 Å². The monoisotopic (exact) mass is 224 g/mol. The highest BCUT2D eigenvalue weighted by Crippen LogP contribution is 2.17. The fraction of sp³-hybridized carbons (Fsp3) is 0.571. The third kappa shape index (κ3) is 5.76. The predicted octanol–water partition coefficient (Wildman–Crippen LogP) is 4.24. The van der Waals surface area contributed by atoms with Gasteiger partial charge in [-0.3, -0.25) is 5.01 Å². The van der Waals surface area contributed by atoms with E-state index in [1.807, 2.05) is 52.0 Å². The molecule has 16 heavy (non-hydrogen) atoms. The number of nitrogens with one attached hydrogen (secondary N) is 1. The number of hydrazine groups is 1. The van der Waals surface area contributed by atoms with Crippen molar-refractivity contribution in [3.8, 4) is 0 Å². The van der Waals surface area contributed by atoms with Gasteiger partial charge in [0.15, 0.2) is 0 Å². The minimum atomic E-state index is 1.06. The van der Waals surface area contributed by atoms with Crippen LogP contribution in [-0.4, -0.2) is 12.1 Å². The molecule has 0 aliphatic carbocycles. The highest BCUT2D eigenvalue weighted by molar-refractivity contribution is 5.35. The topological polar surface area (TPSA) is 15.3 Å². The number of allylic oxidation sites excluding steroid dienone is 4. The van der Waals surface area contributed by atoms with Gasteiger partial charge < -0.3 is 0 Å². The molecule has 1 N–H and O–H groups in total. The van der Waals surface area contributed by atoms with Gasteiger partial charge in [0.1, 0.15) is 0 Å². The quantitative estimate of drug-likeness (QED) is 0.754. The summed E-state index contributed by atoms with van der Waals surface area (Å²) in [6, 6.07) is 0. The lowest BCUT2D eigenvalue weighted by molar-refractivity contribution is 0.376. The lowest BCUT2D eigenvalue weighted by Gasteiger charge is -2.25. The second kappa shape index (κ2) is 12.1. The average molecular weight is 224 g/mol. The molecule has 0 amide bonds. The highest BCUT2D eigenvalue weighted by atomic mass is 15.5. The first-order chi connectivity index (χ1) is 7.79. The summed E-state index contributed by atoms with van der Waals surface area (Å²) in [5.74, 6) is 0. The third-order valence-corrected chi connectivity index (χ3v) is 1.88. The molecule has 94 valence electrons. The molecule has 1 aliphatic heterocycles. The summed E-state index contributed by atoms with van der Waals surface area (Å²) in [5, 5.41) is 2.03. The van der Waals surface area contributed by atoms with E-state index in [1.54, 1.807) is 0 Å². The molecular weight excluding hydrogens is 196 g/mol. The normalized spacial score (nSPS) is 15.8. The van der Waals surface area contributed by atoms with E-state index >= 15 is 0 Å². The van der Waals surface area contributed by atoms with Crippen LogP contribution < -0.4 is 5.43 Å². The van der Waals surface area contributed by atoms with Gasteiger partial charge in [0, 0.05) is 13.2 Å². The lowest BCUT2D eigenvalue weighted by atomic mass is 10.1. The minimum absolute atomic E-state index is 1.06. The van der Waals surface area contributed by atoms with E-state index in [9.17, 15) is 0 Å². The molecule has 1 aliphatic rings. The van der Waals surface area contributed by atoms with Gasteiger partial charge in [0.05, 0.1) is 5.70 Å². The highest BCUT2D eigenvalue weighted by Gasteiger charge is 2.08. The first-order valence-corrected chi connectivity index (χ1v) is 6.31. The van der Waals surface area contributed by atoms with Crippen molar-refractivity contribution in [1.82, 2.24) is 10.4 Å². The van der Waals surface area contributed by atoms with Crippen molar-refractivity contribution in [1.29, 1.82) is 0 Å². The Morgan fingerprint density at radius 1 is 1.25 bits per heavy atom. The van der Waals surface area contributed by atoms with Gasteiger partial charge in [0.2, 0.25) is 0 Å². The molecule has 0 atom stereocenters. The van der Waals surface area contributed by atoms with Crippen LogP contribution in [0.25, 0.3) is 0 Å². The van der Waals surface area contributed by atoms with Crippen LogP contribution in [0.4, 0.5) is 0 Å². The van der Waals surface area contributed by atoms with E-state index < -0.39 is 0 Å². The number of hydrogen-bond donors (Lipinski definition) is 1. The molecule has 0 aromatic carbocycles. The zero-order valence-corrected chi connectivity index (χ0v) is 12.0. The fourth-order valence-electron chi connectivity index (χ4n) is 1.28. The molecule has 0 unspecified atom stereocenters. The van der Waals surface area contributed by atoms with Gasteiger partial charge in [-0.25, -0.2) is 5.43 Å². The predicted molar refractivity (Wildman–Crippen MR) is 74.9 cm³/mol. The van der Waals surface area contributed by atoms with Gasteiger partial charge in [-0.2, -0.15) is 0 Å². The summed E-state index contributed by atoms with van der Waals surface area (Å²) in [6.07, 6.45) is 9.46. The van der Waals surface area contributed by atoms with Crippen molar-refractivity contribution in [2.24, 2.45) is 0 Å². The summed E-state index contributed by atoms with van der Waals surface area (Å²) in [7, 11) is 1.92. The van der Waals surface area contributed by atoms with E-state index in [1.165, 1.54) is 11.3 Å². The number of nitrogens with zero attached hydrogens (tertiary/aromatic N) is 1. The Morgan fingerprint density at radius 3 is 2.25 bits per heavy atom. The van der Waals surface area contributed by atoms with Crippen LogP contribution in [0, 0.1) is 0 Å². The van der Waals surface area contributed by atoms with Crippen LogP contribution in [0.2, 0.25) is 0 Å². The van der Waals surface area contributed by atoms with Crippen molar-refractivity contribution in [2.75, 3.05) is 7.05 Å². The van der Waals surface area contributed by atoms with Crippen LogP contribution in [0.1, 0.15) is 48.0 Å². The third-order valence-electron chi connectivity index (χ3n) is 1.88. The summed E-state index contributed by atoms with van der Waals surface area (Å²) in [4.78, 5) is 0. The second-order valence-electron chi connectivity index (χ2n) is 2.78. The molecule has 0 aromatic rings. The Labute approximate surface area is 102 Å². The molecule has 0 radical (unpaired) electrons. The standard InChI is InChI=1S/C10H16N2.2C2H6/c1-4-6-10-9(2)7-5-8-12(10)11-3;2*1-2/h5-8,11H,4H2,1-3H3;2*1-2H3/b10-6-;;. The summed E-state index contributed by atoms with van der Waals surface area (Å²) in [6.45, 7) is 12.3. The van der Waals surface area contributed by atoms with E-state index in [-0.39, 0.29) is 0 Å². The fourth-order valence-corrected chi connectivity index (χ4v) is 1.28. The van der Waals surface area contributed by atoms with Crippen molar-refractivity contribution in [2.45, 2.75) is 48.0 Å². The largest absolute Gasteiger partial charge is 0.285 e. The smallest absolute Gasteiger partial charge is 0.0559 e. The molecule has 0 spiro atoms. The summed E-state index contributed by atoms with van der Waals surface area (Å²) < 4.78 is 0. The molecule has 0 bridgehead atoms. The Hall–Kier alpha value is -1.02. The summed E-state index contributed by atoms with van der Waals surface area (Å²) >= 11 is 0. The van der Waals surface area contributed by atoms with E-state index in [0.29, 0.717) is 0 Å². The Balaban J connectivity index is 0. The molecule has 2 heteroatoms. The van der Waals surface area contributed by atoms with Crippen LogP contribution in [0.15, 0.2) is 35.7 Å². The van der Waals surface area contributed by atoms with Gasteiger partial charge >= 0.3 is 0 Å². The maximum atomic E-state index is 3.11. The molecular formula is C14H28N2. The van der Waals surface area contributed by atoms with Gasteiger partial charge in [-0.15, -0.1) is 0 Å². The maximum absolute atomic E-state index is 3.11. The SMILES string of the molecule is CC.CC.CC/C=C1/C(C)=CC=CN1NC. The number of hydrogen-bond acceptors (Lipinski definition) is 2. The zero-order chi connectivity index (χ0) is 13.0. The van der Waals surface area contributed by atoms with Crippen molar-refractivity contribution >= 4 is 0 Å².